The second-order valence-electron chi connectivity index (χ2n) is 5.08. The summed E-state index contributed by atoms with van der Waals surface area (Å²) in [5.41, 5.74) is -0.152. The van der Waals surface area contributed by atoms with Crippen molar-refractivity contribution in [2.24, 2.45) is 0 Å². The van der Waals surface area contributed by atoms with Crippen molar-refractivity contribution < 1.29 is 9.90 Å². The average molecular weight is 375 g/mol. The third-order valence-corrected chi connectivity index (χ3v) is 4.28. The zero-order valence-electron chi connectivity index (χ0n) is 12.8. The Balaban J connectivity index is 2.80. The minimum Gasteiger partial charge on any atom is -0.494 e. The van der Waals surface area contributed by atoms with Crippen molar-refractivity contribution in [1.82, 2.24) is 4.57 Å². The van der Waals surface area contributed by atoms with E-state index < -0.39 is 17.2 Å². The molecule has 2 rings (SSSR count). The van der Waals surface area contributed by atoms with E-state index in [2.05, 4.69) is 15.9 Å². The number of aromatic nitrogens is 1. The lowest BCUT2D eigenvalue weighted by atomic mass is 9.97. The number of hydrogen-bond donors (Lipinski definition) is 1. The predicted molar refractivity (Wildman–Crippen MR) is 89.7 cm³/mol. The van der Waals surface area contributed by atoms with E-state index in [1.165, 1.54) is 6.92 Å². The van der Waals surface area contributed by atoms with E-state index in [1.54, 1.807) is 24.3 Å². The Kier molecular flexibility index (Phi) is 5.02. The third kappa shape index (κ3) is 2.92. The molecule has 5 nitrogen and oxygen atoms in total. The van der Waals surface area contributed by atoms with Crippen LogP contribution in [0.15, 0.2) is 33.5 Å². The topological polar surface area (TPSA) is 83.1 Å². The van der Waals surface area contributed by atoms with Gasteiger partial charge in [0, 0.05) is 16.6 Å². The fourth-order valence-corrected chi connectivity index (χ4v) is 2.90. The number of hydrogen-bond acceptors (Lipinski definition) is 4. The molecule has 0 atom stereocenters. The van der Waals surface area contributed by atoms with E-state index in [0.717, 1.165) is 4.57 Å². The molecule has 0 radical (unpaired) electrons. The summed E-state index contributed by atoms with van der Waals surface area (Å²) in [5, 5.41) is 19.7. The molecule has 0 saturated heterocycles. The summed E-state index contributed by atoms with van der Waals surface area (Å²) in [6, 6.07) is 8.65. The van der Waals surface area contributed by atoms with Gasteiger partial charge in [-0.25, -0.2) is 0 Å². The number of aromatic hydroxyl groups is 1. The van der Waals surface area contributed by atoms with E-state index >= 15 is 0 Å². The molecule has 0 saturated carbocycles. The monoisotopic (exact) mass is 374 g/mol. The van der Waals surface area contributed by atoms with Crippen molar-refractivity contribution in [1.29, 1.82) is 5.26 Å². The highest BCUT2D eigenvalue weighted by atomic mass is 79.9. The highest BCUT2D eigenvalue weighted by Gasteiger charge is 2.25. The molecule has 1 aromatic carbocycles. The lowest BCUT2D eigenvalue weighted by Gasteiger charge is -2.15. The van der Waals surface area contributed by atoms with Gasteiger partial charge in [-0.1, -0.05) is 35.0 Å². The molecule has 0 bridgehead atoms. The third-order valence-electron chi connectivity index (χ3n) is 3.59. The van der Waals surface area contributed by atoms with Crippen LogP contribution in [0.4, 0.5) is 0 Å². The first-order valence-corrected chi connectivity index (χ1v) is 7.89. The molecule has 0 aliphatic heterocycles. The molecule has 0 amide bonds. The summed E-state index contributed by atoms with van der Waals surface area (Å²) in [5.74, 6) is -0.831. The van der Waals surface area contributed by atoms with Crippen LogP contribution in [0.5, 0.6) is 5.88 Å². The van der Waals surface area contributed by atoms with Gasteiger partial charge in [0.2, 0.25) is 5.88 Å². The maximum atomic E-state index is 12.8. The second kappa shape index (κ2) is 6.80. The van der Waals surface area contributed by atoms with Crippen molar-refractivity contribution in [3.63, 3.8) is 0 Å². The van der Waals surface area contributed by atoms with Crippen LogP contribution in [0.2, 0.25) is 0 Å². The molecule has 0 aliphatic rings. The number of nitriles is 1. The molecule has 0 aliphatic carbocycles. The van der Waals surface area contributed by atoms with Crippen LogP contribution < -0.4 is 5.56 Å². The fraction of sp³-hybridized carbons (Fsp3) is 0.235. The Morgan fingerprint density at radius 2 is 2.04 bits per heavy atom. The van der Waals surface area contributed by atoms with Crippen molar-refractivity contribution in [2.45, 2.75) is 26.8 Å². The maximum Gasteiger partial charge on any atom is 0.271 e. The van der Waals surface area contributed by atoms with E-state index in [0.29, 0.717) is 16.5 Å². The smallest absolute Gasteiger partial charge is 0.271 e. The van der Waals surface area contributed by atoms with Crippen LogP contribution in [0.25, 0.3) is 0 Å². The molecular weight excluding hydrogens is 360 g/mol. The zero-order valence-corrected chi connectivity index (χ0v) is 14.3. The number of carbonyl (C=O) groups excluding carboxylic acids is 1. The van der Waals surface area contributed by atoms with Crippen molar-refractivity contribution in [3.05, 3.63) is 61.3 Å². The molecule has 0 spiro atoms. The van der Waals surface area contributed by atoms with Crippen molar-refractivity contribution in [3.8, 4) is 11.9 Å². The van der Waals surface area contributed by atoms with Crippen LogP contribution in [-0.4, -0.2) is 15.5 Å². The molecule has 23 heavy (non-hydrogen) atoms. The lowest BCUT2D eigenvalue weighted by molar-refractivity contribution is 0.103. The highest BCUT2D eigenvalue weighted by Crippen LogP contribution is 2.27. The van der Waals surface area contributed by atoms with Gasteiger partial charge >= 0.3 is 0 Å². The summed E-state index contributed by atoms with van der Waals surface area (Å²) < 4.78 is 1.66. The molecule has 1 aromatic heterocycles. The van der Waals surface area contributed by atoms with Crippen LogP contribution in [0.3, 0.4) is 0 Å². The summed E-state index contributed by atoms with van der Waals surface area (Å²) in [7, 11) is 0. The Bertz CT molecular complexity index is 879. The van der Waals surface area contributed by atoms with Crippen molar-refractivity contribution in [2.75, 3.05) is 0 Å². The van der Waals surface area contributed by atoms with Crippen LogP contribution >= 0.6 is 15.9 Å². The molecule has 2 aromatic rings. The van der Waals surface area contributed by atoms with Gasteiger partial charge < -0.3 is 5.11 Å². The molecule has 1 N–H and O–H groups in total. The standard InChI is InChI=1S/C17H15BrN2O3/c1-3-8-20-16(22)12(9-19)10(2)14(17(20)23)15(21)11-6-4-5-7-13(11)18/h4-7,23H,3,8H2,1-2H3. The van der Waals surface area contributed by atoms with E-state index in [1.807, 2.05) is 13.0 Å². The highest BCUT2D eigenvalue weighted by molar-refractivity contribution is 9.10. The molecule has 1 heterocycles. The Labute approximate surface area is 141 Å². The largest absolute Gasteiger partial charge is 0.494 e. The minimum absolute atomic E-state index is 0.0125. The van der Waals surface area contributed by atoms with Gasteiger partial charge in [-0.2, -0.15) is 5.26 Å². The number of pyridine rings is 1. The molecule has 0 fully saturated rings. The number of ketones is 1. The molecule has 0 unspecified atom stereocenters. The lowest BCUT2D eigenvalue weighted by Crippen LogP contribution is -2.26. The minimum atomic E-state index is -0.576. The molecular formula is C17H15BrN2O3. The van der Waals surface area contributed by atoms with Crippen LogP contribution in [0.1, 0.15) is 40.4 Å². The number of benzene rings is 1. The first-order chi connectivity index (χ1) is 10.9. The van der Waals surface area contributed by atoms with E-state index in [4.69, 9.17) is 0 Å². The van der Waals surface area contributed by atoms with E-state index in [9.17, 15) is 20.0 Å². The second-order valence-corrected chi connectivity index (χ2v) is 5.93. The van der Waals surface area contributed by atoms with Gasteiger partial charge in [-0.3, -0.25) is 14.2 Å². The van der Waals surface area contributed by atoms with Gasteiger partial charge in [0.25, 0.3) is 5.56 Å². The number of halogens is 1. The van der Waals surface area contributed by atoms with Crippen LogP contribution in [0, 0.1) is 18.3 Å². The molecule has 6 heteroatoms. The SMILES string of the molecule is CCCn1c(O)c(C(=O)c2ccccc2Br)c(C)c(C#N)c1=O. The normalized spacial score (nSPS) is 10.3. The predicted octanol–water partition coefficient (Wildman–Crippen LogP) is 3.14. The summed E-state index contributed by atoms with van der Waals surface area (Å²) >= 11 is 3.31. The number of rotatable bonds is 4. The zero-order chi connectivity index (χ0) is 17.1. The van der Waals surface area contributed by atoms with Crippen LogP contribution in [-0.2, 0) is 6.54 Å². The molecule has 118 valence electrons. The van der Waals surface area contributed by atoms with Gasteiger partial charge in [-0.05, 0) is 31.0 Å². The number of carbonyl (C=O) groups is 1. The first kappa shape index (κ1) is 17.0. The summed E-state index contributed by atoms with van der Waals surface area (Å²) in [6.07, 6.45) is 0.587. The van der Waals surface area contributed by atoms with Gasteiger partial charge in [0.15, 0.2) is 5.78 Å². The van der Waals surface area contributed by atoms with Gasteiger partial charge in [-0.15, -0.1) is 0 Å². The van der Waals surface area contributed by atoms with E-state index in [-0.39, 0.29) is 23.2 Å². The average Bonchev–Trinajstić information content (AvgIpc) is 2.52. The quantitative estimate of drug-likeness (QED) is 0.833. The van der Waals surface area contributed by atoms with Gasteiger partial charge in [0.05, 0.1) is 5.56 Å². The maximum absolute atomic E-state index is 12.8. The number of nitrogens with zero attached hydrogens (tertiary/aromatic N) is 2. The summed E-state index contributed by atoms with van der Waals surface area (Å²) in [4.78, 5) is 25.1. The first-order valence-electron chi connectivity index (χ1n) is 7.09. The van der Waals surface area contributed by atoms with Gasteiger partial charge in [0.1, 0.15) is 11.6 Å². The Morgan fingerprint density at radius 3 is 2.61 bits per heavy atom. The van der Waals surface area contributed by atoms with Crippen molar-refractivity contribution >= 4 is 21.7 Å². The Hall–Kier alpha value is -2.39. The fourth-order valence-electron chi connectivity index (χ4n) is 2.43. The Morgan fingerprint density at radius 1 is 1.39 bits per heavy atom. The summed E-state index contributed by atoms with van der Waals surface area (Å²) in [6.45, 7) is 3.57.